The molecule has 2 aromatic carbocycles. The highest BCUT2D eigenvalue weighted by atomic mass is 16.4. The van der Waals surface area contributed by atoms with E-state index < -0.39 is 11.5 Å². The molecule has 0 radical (unpaired) electrons. The second-order valence-electron chi connectivity index (χ2n) is 6.64. The number of anilines is 1. The van der Waals surface area contributed by atoms with Gasteiger partial charge in [0.05, 0.1) is 6.54 Å². The van der Waals surface area contributed by atoms with Crippen molar-refractivity contribution >= 4 is 28.5 Å². The van der Waals surface area contributed by atoms with Gasteiger partial charge in [-0.25, -0.2) is 4.79 Å². The summed E-state index contributed by atoms with van der Waals surface area (Å²) in [5, 5.41) is 0.628. The standard InChI is InChI=1S/C21H19N3O4/c25-19(13-24-11-5-8-14-6-1-3-9-17(14)24)22-23-20(26)16-12-15-7-2-4-10-18(15)28-21(16)27/h1-4,6-7,9-10,12H,5,8,11,13H2,(H,22,25)(H,23,26). The van der Waals surface area contributed by atoms with E-state index in [1.807, 2.05) is 23.1 Å². The number of hydrogen-bond acceptors (Lipinski definition) is 5. The van der Waals surface area contributed by atoms with E-state index >= 15 is 0 Å². The Kier molecular flexibility index (Phi) is 4.80. The summed E-state index contributed by atoms with van der Waals surface area (Å²) < 4.78 is 5.14. The normalized spacial score (nSPS) is 13.1. The lowest BCUT2D eigenvalue weighted by Crippen LogP contribution is -2.48. The zero-order valence-corrected chi connectivity index (χ0v) is 15.1. The van der Waals surface area contributed by atoms with Gasteiger partial charge in [0.2, 0.25) is 0 Å². The molecule has 0 fully saturated rings. The van der Waals surface area contributed by atoms with Gasteiger partial charge in [0.1, 0.15) is 11.1 Å². The molecule has 1 aliphatic heterocycles. The fourth-order valence-electron chi connectivity index (χ4n) is 3.40. The first kappa shape index (κ1) is 17.8. The number of nitrogens with zero attached hydrogens (tertiary/aromatic N) is 1. The van der Waals surface area contributed by atoms with Crippen LogP contribution in [-0.2, 0) is 11.2 Å². The van der Waals surface area contributed by atoms with Crippen molar-refractivity contribution in [1.29, 1.82) is 0 Å². The van der Waals surface area contributed by atoms with Crippen LogP contribution in [0.2, 0.25) is 0 Å². The highest BCUT2D eigenvalue weighted by Crippen LogP contribution is 2.26. The third-order valence-corrected chi connectivity index (χ3v) is 4.74. The third-order valence-electron chi connectivity index (χ3n) is 4.74. The van der Waals surface area contributed by atoms with Crippen molar-refractivity contribution < 1.29 is 14.0 Å². The van der Waals surface area contributed by atoms with Gasteiger partial charge in [-0.05, 0) is 36.6 Å². The Labute approximate surface area is 160 Å². The van der Waals surface area contributed by atoms with Gasteiger partial charge in [-0.3, -0.25) is 20.4 Å². The molecule has 0 saturated heterocycles. The molecule has 142 valence electrons. The van der Waals surface area contributed by atoms with Gasteiger partial charge in [-0.15, -0.1) is 0 Å². The summed E-state index contributed by atoms with van der Waals surface area (Å²) >= 11 is 0. The Morgan fingerprint density at radius 1 is 1.04 bits per heavy atom. The Morgan fingerprint density at radius 2 is 1.82 bits per heavy atom. The second kappa shape index (κ2) is 7.56. The van der Waals surface area contributed by atoms with Gasteiger partial charge in [0, 0.05) is 17.6 Å². The fourth-order valence-corrected chi connectivity index (χ4v) is 3.40. The summed E-state index contributed by atoms with van der Waals surface area (Å²) in [6.45, 7) is 0.885. The summed E-state index contributed by atoms with van der Waals surface area (Å²) in [6.07, 6.45) is 1.96. The number of para-hydroxylation sites is 2. The average Bonchev–Trinajstić information content (AvgIpc) is 2.72. The molecule has 2 N–H and O–H groups in total. The van der Waals surface area contributed by atoms with Crippen molar-refractivity contribution in [3.8, 4) is 0 Å². The summed E-state index contributed by atoms with van der Waals surface area (Å²) in [6, 6.07) is 16.3. The van der Waals surface area contributed by atoms with Crippen molar-refractivity contribution in [2.24, 2.45) is 0 Å². The van der Waals surface area contributed by atoms with E-state index in [1.54, 1.807) is 24.3 Å². The lowest BCUT2D eigenvalue weighted by Gasteiger charge is -2.30. The maximum Gasteiger partial charge on any atom is 0.349 e. The molecule has 3 aromatic rings. The zero-order chi connectivity index (χ0) is 19.5. The Morgan fingerprint density at radius 3 is 2.71 bits per heavy atom. The molecule has 4 rings (SSSR count). The number of nitrogens with one attached hydrogen (secondary N) is 2. The molecule has 2 amide bonds. The molecule has 28 heavy (non-hydrogen) atoms. The Balaban J connectivity index is 1.41. The van der Waals surface area contributed by atoms with Gasteiger partial charge >= 0.3 is 5.63 Å². The van der Waals surface area contributed by atoms with Crippen LogP contribution in [0.15, 0.2) is 63.8 Å². The van der Waals surface area contributed by atoms with Crippen molar-refractivity contribution in [3.63, 3.8) is 0 Å². The molecular weight excluding hydrogens is 358 g/mol. The van der Waals surface area contributed by atoms with E-state index in [9.17, 15) is 14.4 Å². The molecule has 1 aliphatic rings. The number of hydrogen-bond donors (Lipinski definition) is 2. The van der Waals surface area contributed by atoms with Crippen molar-refractivity contribution in [1.82, 2.24) is 10.9 Å². The summed E-state index contributed by atoms with van der Waals surface area (Å²) in [5.74, 6) is -1.08. The lowest BCUT2D eigenvalue weighted by molar-refractivity contribution is -0.120. The van der Waals surface area contributed by atoms with Crippen LogP contribution in [0.25, 0.3) is 11.0 Å². The van der Waals surface area contributed by atoms with Crippen molar-refractivity contribution in [2.45, 2.75) is 12.8 Å². The zero-order valence-electron chi connectivity index (χ0n) is 15.1. The van der Waals surface area contributed by atoms with Crippen LogP contribution in [0.3, 0.4) is 0 Å². The van der Waals surface area contributed by atoms with Crippen LogP contribution >= 0.6 is 0 Å². The van der Waals surface area contributed by atoms with E-state index in [4.69, 9.17) is 4.42 Å². The van der Waals surface area contributed by atoms with E-state index in [1.165, 1.54) is 11.6 Å². The number of hydrazine groups is 1. The molecule has 0 saturated carbocycles. The highest BCUT2D eigenvalue weighted by molar-refractivity contribution is 5.97. The topological polar surface area (TPSA) is 91.7 Å². The Hall–Kier alpha value is -3.61. The van der Waals surface area contributed by atoms with Gasteiger partial charge in [-0.2, -0.15) is 0 Å². The van der Waals surface area contributed by atoms with Gasteiger partial charge in [-0.1, -0.05) is 36.4 Å². The van der Waals surface area contributed by atoms with Crippen LogP contribution in [0.1, 0.15) is 22.3 Å². The molecular formula is C21H19N3O4. The van der Waals surface area contributed by atoms with Gasteiger partial charge in [0.25, 0.3) is 11.8 Å². The summed E-state index contributed by atoms with van der Waals surface area (Å²) in [5.41, 5.74) is 6.39. The average molecular weight is 377 g/mol. The van der Waals surface area contributed by atoms with Crippen molar-refractivity contribution in [3.05, 3.63) is 76.1 Å². The number of aryl methyl sites for hydroxylation is 1. The van der Waals surface area contributed by atoms with E-state index in [2.05, 4.69) is 16.9 Å². The number of carbonyl (C=O) groups is 2. The smallest absolute Gasteiger partial charge is 0.349 e. The fraction of sp³-hybridized carbons (Fsp3) is 0.190. The third kappa shape index (κ3) is 3.59. The first-order chi connectivity index (χ1) is 13.6. The second-order valence-corrected chi connectivity index (χ2v) is 6.64. The molecule has 0 atom stereocenters. The first-order valence-electron chi connectivity index (χ1n) is 9.07. The van der Waals surface area contributed by atoms with Crippen LogP contribution < -0.4 is 21.4 Å². The van der Waals surface area contributed by atoms with Crippen LogP contribution in [0.5, 0.6) is 0 Å². The largest absolute Gasteiger partial charge is 0.422 e. The molecule has 7 heteroatoms. The minimum atomic E-state index is -0.754. The maximum atomic E-state index is 12.3. The van der Waals surface area contributed by atoms with E-state index in [-0.39, 0.29) is 18.0 Å². The van der Waals surface area contributed by atoms with Crippen LogP contribution in [-0.4, -0.2) is 24.9 Å². The minimum absolute atomic E-state index is 0.115. The first-order valence-corrected chi connectivity index (χ1v) is 9.07. The maximum absolute atomic E-state index is 12.3. The number of fused-ring (bicyclic) bond motifs is 2. The molecule has 0 bridgehead atoms. The SMILES string of the molecule is O=C(CN1CCCc2ccccc21)NNC(=O)c1cc2ccccc2oc1=O. The van der Waals surface area contributed by atoms with E-state index in [0.717, 1.165) is 25.1 Å². The van der Waals surface area contributed by atoms with E-state index in [0.29, 0.717) is 11.0 Å². The molecule has 7 nitrogen and oxygen atoms in total. The number of amides is 2. The van der Waals surface area contributed by atoms with Gasteiger partial charge in [0.15, 0.2) is 0 Å². The number of carbonyl (C=O) groups excluding carboxylic acids is 2. The predicted molar refractivity (Wildman–Crippen MR) is 105 cm³/mol. The molecule has 2 heterocycles. The molecule has 1 aromatic heterocycles. The quantitative estimate of drug-likeness (QED) is 0.538. The molecule has 0 aliphatic carbocycles. The predicted octanol–water partition coefficient (Wildman–Crippen LogP) is 2.01. The molecule has 0 unspecified atom stereocenters. The monoisotopic (exact) mass is 377 g/mol. The van der Waals surface area contributed by atoms with Crippen molar-refractivity contribution in [2.75, 3.05) is 18.0 Å². The Bertz CT molecular complexity index is 1110. The lowest BCUT2D eigenvalue weighted by atomic mass is 10.0. The van der Waals surface area contributed by atoms with Crippen LogP contribution in [0.4, 0.5) is 5.69 Å². The number of benzene rings is 2. The summed E-state index contributed by atoms with van der Waals surface area (Å²) in [7, 11) is 0. The molecule has 0 spiro atoms. The minimum Gasteiger partial charge on any atom is -0.422 e. The number of rotatable bonds is 3. The summed E-state index contributed by atoms with van der Waals surface area (Å²) in [4.78, 5) is 38.6. The highest BCUT2D eigenvalue weighted by Gasteiger charge is 2.19. The van der Waals surface area contributed by atoms with Crippen LogP contribution in [0, 0.1) is 0 Å². The van der Waals surface area contributed by atoms with Gasteiger partial charge < -0.3 is 9.32 Å².